The average molecular weight is 363 g/mol. The standard InChI is InChI=1S/C17H25N5O2S/c1-3-4-9-13(16(23)18-14-10-11(2)24-22-14)25-17-19-15(20-21-17)12-7-5-6-8-12/h10,12-13H,3-9H2,1-2H3,(H,18,22,23)(H,19,20,21). The van der Waals surface area contributed by atoms with Gasteiger partial charge in [-0.15, -0.1) is 5.10 Å². The molecule has 2 aromatic heterocycles. The molecule has 1 aliphatic carbocycles. The van der Waals surface area contributed by atoms with E-state index < -0.39 is 0 Å². The van der Waals surface area contributed by atoms with Crippen molar-refractivity contribution in [3.05, 3.63) is 17.7 Å². The van der Waals surface area contributed by atoms with Crippen molar-refractivity contribution in [2.75, 3.05) is 5.32 Å². The van der Waals surface area contributed by atoms with Crippen molar-refractivity contribution in [2.45, 2.75) is 75.1 Å². The first kappa shape index (κ1) is 18.0. The summed E-state index contributed by atoms with van der Waals surface area (Å²) < 4.78 is 5.00. The Morgan fingerprint density at radius 3 is 2.96 bits per heavy atom. The number of rotatable bonds is 8. The van der Waals surface area contributed by atoms with E-state index in [1.807, 2.05) is 0 Å². The second kappa shape index (κ2) is 8.51. The summed E-state index contributed by atoms with van der Waals surface area (Å²) in [6.45, 7) is 3.91. The Labute approximate surface area is 151 Å². The van der Waals surface area contributed by atoms with Gasteiger partial charge in [-0.1, -0.05) is 49.5 Å². The lowest BCUT2D eigenvalue weighted by molar-refractivity contribution is -0.115. The summed E-state index contributed by atoms with van der Waals surface area (Å²) >= 11 is 1.42. The van der Waals surface area contributed by atoms with Crippen LogP contribution in [-0.4, -0.2) is 31.5 Å². The Bertz CT molecular complexity index is 693. The number of H-pyrrole nitrogens is 1. The van der Waals surface area contributed by atoms with E-state index in [0.717, 1.165) is 25.1 Å². The molecule has 1 fully saturated rings. The van der Waals surface area contributed by atoms with Gasteiger partial charge in [-0.05, 0) is 26.2 Å². The molecule has 2 aromatic rings. The van der Waals surface area contributed by atoms with Crippen LogP contribution in [0.25, 0.3) is 0 Å². The molecule has 1 saturated carbocycles. The van der Waals surface area contributed by atoms with Crippen LogP contribution in [0.5, 0.6) is 0 Å². The van der Waals surface area contributed by atoms with E-state index in [9.17, 15) is 4.79 Å². The normalized spacial score (nSPS) is 16.2. The molecule has 25 heavy (non-hydrogen) atoms. The summed E-state index contributed by atoms with van der Waals surface area (Å²) in [4.78, 5) is 17.2. The minimum absolute atomic E-state index is 0.0843. The number of aromatic amines is 1. The molecular weight excluding hydrogens is 338 g/mol. The number of anilines is 1. The lowest BCUT2D eigenvalue weighted by Gasteiger charge is -2.13. The molecule has 136 valence electrons. The quantitative estimate of drug-likeness (QED) is 0.687. The molecule has 0 radical (unpaired) electrons. The fourth-order valence-corrected chi connectivity index (χ4v) is 4.04. The zero-order valence-corrected chi connectivity index (χ0v) is 15.6. The number of thioether (sulfide) groups is 1. The highest BCUT2D eigenvalue weighted by atomic mass is 32.2. The zero-order valence-electron chi connectivity index (χ0n) is 14.7. The molecule has 0 spiro atoms. The highest BCUT2D eigenvalue weighted by Crippen LogP contribution is 2.33. The van der Waals surface area contributed by atoms with E-state index in [2.05, 4.69) is 32.6 Å². The fourth-order valence-electron chi connectivity index (χ4n) is 3.08. The lowest BCUT2D eigenvalue weighted by atomic mass is 10.1. The third-order valence-corrected chi connectivity index (χ3v) is 5.59. The average Bonchev–Trinajstić information content (AvgIpc) is 3.33. The van der Waals surface area contributed by atoms with Crippen molar-refractivity contribution >= 4 is 23.5 Å². The number of nitrogens with zero attached hydrogens (tertiary/aromatic N) is 3. The predicted octanol–water partition coefficient (Wildman–Crippen LogP) is 4.05. The largest absolute Gasteiger partial charge is 0.360 e. The van der Waals surface area contributed by atoms with Gasteiger partial charge in [0, 0.05) is 12.0 Å². The van der Waals surface area contributed by atoms with E-state index in [0.29, 0.717) is 22.7 Å². The molecule has 2 N–H and O–H groups in total. The van der Waals surface area contributed by atoms with Crippen LogP contribution < -0.4 is 5.32 Å². The molecule has 8 heteroatoms. The smallest absolute Gasteiger partial charge is 0.239 e. The highest BCUT2D eigenvalue weighted by Gasteiger charge is 2.25. The van der Waals surface area contributed by atoms with Crippen molar-refractivity contribution in [3.63, 3.8) is 0 Å². The van der Waals surface area contributed by atoms with Crippen molar-refractivity contribution in [2.24, 2.45) is 0 Å². The minimum atomic E-state index is -0.246. The Morgan fingerprint density at radius 2 is 2.28 bits per heavy atom. The summed E-state index contributed by atoms with van der Waals surface area (Å²) in [5.74, 6) is 2.48. The van der Waals surface area contributed by atoms with Crippen LogP contribution in [0.15, 0.2) is 15.7 Å². The van der Waals surface area contributed by atoms with Gasteiger partial charge in [0.05, 0.1) is 5.25 Å². The van der Waals surface area contributed by atoms with Crippen LogP contribution in [0, 0.1) is 6.92 Å². The van der Waals surface area contributed by atoms with Gasteiger partial charge in [-0.25, -0.2) is 4.98 Å². The number of hydrogen-bond acceptors (Lipinski definition) is 6. The van der Waals surface area contributed by atoms with Crippen molar-refractivity contribution in [1.29, 1.82) is 0 Å². The molecule has 1 unspecified atom stereocenters. The first-order chi connectivity index (χ1) is 12.2. The van der Waals surface area contributed by atoms with Gasteiger partial charge in [0.1, 0.15) is 11.6 Å². The molecule has 1 aliphatic rings. The number of carbonyl (C=O) groups is 1. The molecule has 0 aliphatic heterocycles. The number of aromatic nitrogens is 4. The number of aryl methyl sites for hydroxylation is 1. The van der Waals surface area contributed by atoms with Crippen LogP contribution in [-0.2, 0) is 4.79 Å². The number of carbonyl (C=O) groups excluding carboxylic acids is 1. The van der Waals surface area contributed by atoms with Crippen LogP contribution in [0.4, 0.5) is 5.82 Å². The second-order valence-corrected chi connectivity index (χ2v) is 7.72. The minimum Gasteiger partial charge on any atom is -0.360 e. The molecule has 0 bridgehead atoms. The van der Waals surface area contributed by atoms with Gasteiger partial charge in [0.2, 0.25) is 11.1 Å². The van der Waals surface area contributed by atoms with E-state index >= 15 is 0 Å². The van der Waals surface area contributed by atoms with Crippen LogP contribution in [0.1, 0.15) is 69.4 Å². The molecule has 3 rings (SSSR count). The second-order valence-electron chi connectivity index (χ2n) is 6.55. The number of unbranched alkanes of at least 4 members (excludes halogenated alkanes) is 1. The predicted molar refractivity (Wildman–Crippen MR) is 96.6 cm³/mol. The van der Waals surface area contributed by atoms with Crippen molar-refractivity contribution < 1.29 is 9.32 Å². The summed E-state index contributed by atoms with van der Waals surface area (Å²) in [7, 11) is 0. The van der Waals surface area contributed by atoms with Gasteiger partial charge in [0.25, 0.3) is 0 Å². The molecule has 7 nitrogen and oxygen atoms in total. The van der Waals surface area contributed by atoms with Crippen molar-refractivity contribution in [3.8, 4) is 0 Å². The van der Waals surface area contributed by atoms with Gasteiger partial charge >= 0.3 is 0 Å². The maximum Gasteiger partial charge on any atom is 0.239 e. The number of amides is 1. The third kappa shape index (κ3) is 4.84. The van der Waals surface area contributed by atoms with E-state index in [-0.39, 0.29) is 11.2 Å². The first-order valence-electron chi connectivity index (χ1n) is 8.99. The molecule has 0 saturated heterocycles. The molecular formula is C17H25N5O2S. The lowest BCUT2D eigenvalue weighted by Crippen LogP contribution is -2.25. The topological polar surface area (TPSA) is 96.7 Å². The van der Waals surface area contributed by atoms with E-state index in [1.165, 1.54) is 37.4 Å². The summed E-state index contributed by atoms with van der Waals surface area (Å²) in [6.07, 6.45) is 7.64. The summed E-state index contributed by atoms with van der Waals surface area (Å²) in [5, 5.41) is 14.4. The van der Waals surface area contributed by atoms with E-state index in [4.69, 9.17) is 4.52 Å². The van der Waals surface area contributed by atoms with Crippen LogP contribution >= 0.6 is 11.8 Å². The molecule has 1 atom stereocenters. The SMILES string of the molecule is CCCCC(Sc1n[nH]c(C2CCCC2)n1)C(=O)Nc1cc(C)on1. The molecule has 0 aromatic carbocycles. The monoisotopic (exact) mass is 363 g/mol. The van der Waals surface area contributed by atoms with E-state index in [1.54, 1.807) is 13.0 Å². The van der Waals surface area contributed by atoms with Gasteiger partial charge in [0.15, 0.2) is 5.82 Å². The molecule has 1 amide bonds. The van der Waals surface area contributed by atoms with Gasteiger partial charge < -0.3 is 9.84 Å². The van der Waals surface area contributed by atoms with Crippen molar-refractivity contribution in [1.82, 2.24) is 20.3 Å². The summed E-state index contributed by atoms with van der Waals surface area (Å²) in [6, 6.07) is 1.71. The third-order valence-electron chi connectivity index (χ3n) is 4.46. The highest BCUT2D eigenvalue weighted by molar-refractivity contribution is 8.00. The number of nitrogens with one attached hydrogen (secondary N) is 2. The number of hydrogen-bond donors (Lipinski definition) is 2. The van der Waals surface area contributed by atoms with Gasteiger partial charge in [-0.2, -0.15) is 0 Å². The zero-order chi connectivity index (χ0) is 17.6. The Hall–Kier alpha value is -1.83. The Balaban J connectivity index is 1.64. The first-order valence-corrected chi connectivity index (χ1v) is 9.86. The fraction of sp³-hybridized carbons (Fsp3) is 0.647. The van der Waals surface area contributed by atoms with Crippen LogP contribution in [0.3, 0.4) is 0 Å². The van der Waals surface area contributed by atoms with Crippen LogP contribution in [0.2, 0.25) is 0 Å². The Kier molecular flexibility index (Phi) is 6.12. The van der Waals surface area contributed by atoms with Gasteiger partial charge in [-0.3, -0.25) is 9.89 Å². The maximum atomic E-state index is 12.6. The Morgan fingerprint density at radius 1 is 1.48 bits per heavy atom. The molecule has 2 heterocycles. The maximum absolute atomic E-state index is 12.6. The summed E-state index contributed by atoms with van der Waals surface area (Å²) in [5.41, 5.74) is 0.